The van der Waals surface area contributed by atoms with Crippen molar-refractivity contribution < 1.29 is 13.9 Å². The molecule has 1 aromatic carbocycles. The van der Waals surface area contributed by atoms with Crippen LogP contribution in [-0.4, -0.2) is 60.7 Å². The minimum atomic E-state index is -1.03. The number of piperidine rings is 1. The van der Waals surface area contributed by atoms with Gasteiger partial charge in [-0.25, -0.2) is 4.39 Å². The third-order valence-electron chi connectivity index (χ3n) is 4.81. The molecule has 0 aliphatic carbocycles. The van der Waals surface area contributed by atoms with Crippen molar-refractivity contribution in [3.63, 3.8) is 0 Å². The Morgan fingerprint density at radius 3 is 2.57 bits per heavy atom. The summed E-state index contributed by atoms with van der Waals surface area (Å²) < 4.78 is 18.8. The summed E-state index contributed by atoms with van der Waals surface area (Å²) in [5.41, 5.74) is 5.87. The second-order valence-electron chi connectivity index (χ2n) is 6.80. The van der Waals surface area contributed by atoms with E-state index in [4.69, 9.17) is 10.5 Å². The highest BCUT2D eigenvalue weighted by Crippen LogP contribution is 2.31. The lowest BCUT2D eigenvalue weighted by molar-refractivity contribution is -0.0565. The van der Waals surface area contributed by atoms with Gasteiger partial charge in [0.15, 0.2) is 0 Å². The predicted molar refractivity (Wildman–Crippen MR) is 87.4 cm³/mol. The molecule has 0 radical (unpaired) electrons. The van der Waals surface area contributed by atoms with Gasteiger partial charge < -0.3 is 15.4 Å². The summed E-state index contributed by atoms with van der Waals surface area (Å²) >= 11 is 0. The van der Waals surface area contributed by atoms with Gasteiger partial charge in [-0.05, 0) is 38.0 Å². The van der Waals surface area contributed by atoms with E-state index >= 15 is 0 Å². The highest BCUT2D eigenvalue weighted by atomic mass is 19.1. The number of amides is 1. The van der Waals surface area contributed by atoms with E-state index in [-0.39, 0.29) is 5.91 Å². The Labute approximate surface area is 136 Å². The normalized spacial score (nSPS) is 21.8. The molecular weight excluding hydrogens is 297 g/mol. The number of ether oxygens (including phenoxy) is 1. The van der Waals surface area contributed by atoms with Crippen LogP contribution >= 0.6 is 0 Å². The Kier molecular flexibility index (Phi) is 4.19. The average molecular weight is 321 g/mol. The van der Waals surface area contributed by atoms with E-state index in [0.29, 0.717) is 49.2 Å². The van der Waals surface area contributed by atoms with Gasteiger partial charge in [0.25, 0.3) is 5.91 Å². The lowest BCUT2D eigenvalue weighted by Crippen LogP contribution is -2.62. The molecule has 0 saturated carbocycles. The first-order valence-electron chi connectivity index (χ1n) is 8.05. The topological polar surface area (TPSA) is 58.8 Å². The first kappa shape index (κ1) is 16.1. The van der Waals surface area contributed by atoms with Gasteiger partial charge in [-0.2, -0.15) is 0 Å². The molecule has 2 aliphatic heterocycles. The largest absolute Gasteiger partial charge is 0.495 e. The molecule has 0 atom stereocenters. The minimum Gasteiger partial charge on any atom is -0.495 e. The average Bonchev–Trinajstić information content (AvgIpc) is 2.52. The van der Waals surface area contributed by atoms with Crippen LogP contribution in [0.3, 0.4) is 0 Å². The van der Waals surface area contributed by atoms with Gasteiger partial charge in [0.05, 0.1) is 12.8 Å². The molecule has 3 rings (SSSR count). The maximum atomic E-state index is 13.6. The van der Waals surface area contributed by atoms with Crippen LogP contribution < -0.4 is 10.5 Å². The summed E-state index contributed by atoms with van der Waals surface area (Å²) in [6.45, 7) is 4.09. The number of carbonyl (C=O) groups is 1. The summed E-state index contributed by atoms with van der Waals surface area (Å²) in [7, 11) is 1.54. The number of likely N-dealkylation sites (tertiary alicyclic amines) is 2. The molecule has 2 aliphatic rings. The Hall–Kier alpha value is -1.82. The van der Waals surface area contributed by atoms with Crippen molar-refractivity contribution in [2.75, 3.05) is 39.0 Å². The number of alkyl halides is 1. The van der Waals surface area contributed by atoms with Gasteiger partial charge >= 0.3 is 0 Å². The zero-order valence-corrected chi connectivity index (χ0v) is 13.7. The molecule has 2 fully saturated rings. The molecule has 2 N–H and O–H groups in total. The van der Waals surface area contributed by atoms with E-state index < -0.39 is 5.67 Å². The number of nitrogens with zero attached hydrogens (tertiary/aromatic N) is 2. The van der Waals surface area contributed by atoms with Crippen molar-refractivity contribution in [3.05, 3.63) is 23.8 Å². The standard InChI is InChI=1S/C17H24FN3O2/c1-17(18)10-21(11-17)13-5-7-20(8-6-13)16(22)12-3-4-14(19)15(9-12)23-2/h3-4,9,13H,5-8,10-11,19H2,1-2H3. The summed E-state index contributed by atoms with van der Waals surface area (Å²) in [4.78, 5) is 16.6. The second kappa shape index (κ2) is 6.00. The van der Waals surface area contributed by atoms with E-state index in [0.717, 1.165) is 12.8 Å². The summed E-state index contributed by atoms with van der Waals surface area (Å²) in [6, 6.07) is 5.51. The third kappa shape index (κ3) is 3.27. The van der Waals surface area contributed by atoms with Crippen LogP contribution in [0.15, 0.2) is 18.2 Å². The number of hydrogen-bond donors (Lipinski definition) is 1. The lowest BCUT2D eigenvalue weighted by Gasteiger charge is -2.49. The molecule has 2 saturated heterocycles. The quantitative estimate of drug-likeness (QED) is 0.864. The van der Waals surface area contributed by atoms with Crippen LogP contribution in [0, 0.1) is 0 Å². The molecule has 1 amide bonds. The minimum absolute atomic E-state index is 0.000638. The van der Waals surface area contributed by atoms with Gasteiger partial charge in [0, 0.05) is 37.8 Å². The molecule has 6 heteroatoms. The fourth-order valence-electron chi connectivity index (χ4n) is 3.52. The monoisotopic (exact) mass is 321 g/mol. The maximum Gasteiger partial charge on any atom is 0.253 e. The van der Waals surface area contributed by atoms with Crippen molar-refractivity contribution in [2.24, 2.45) is 0 Å². The van der Waals surface area contributed by atoms with E-state index in [1.165, 1.54) is 7.11 Å². The summed E-state index contributed by atoms with van der Waals surface area (Å²) in [5.74, 6) is 0.522. The smallest absolute Gasteiger partial charge is 0.253 e. The molecule has 0 bridgehead atoms. The number of carbonyl (C=O) groups excluding carboxylic acids is 1. The van der Waals surface area contributed by atoms with Crippen molar-refractivity contribution in [2.45, 2.75) is 31.5 Å². The summed E-state index contributed by atoms with van der Waals surface area (Å²) in [6.07, 6.45) is 1.79. The highest BCUT2D eigenvalue weighted by molar-refractivity contribution is 5.95. The molecule has 0 unspecified atom stereocenters. The molecule has 23 heavy (non-hydrogen) atoms. The Morgan fingerprint density at radius 2 is 2.00 bits per heavy atom. The van der Waals surface area contributed by atoms with E-state index in [1.54, 1.807) is 25.1 Å². The number of benzene rings is 1. The predicted octanol–water partition coefficient (Wildman–Crippen LogP) is 1.93. The van der Waals surface area contributed by atoms with Crippen LogP contribution in [0.1, 0.15) is 30.1 Å². The van der Waals surface area contributed by atoms with Crippen LogP contribution in [0.4, 0.5) is 10.1 Å². The Bertz CT molecular complexity index is 590. The first-order chi connectivity index (χ1) is 10.9. The van der Waals surface area contributed by atoms with Crippen molar-refractivity contribution in [3.8, 4) is 5.75 Å². The van der Waals surface area contributed by atoms with Gasteiger partial charge in [0.1, 0.15) is 11.4 Å². The van der Waals surface area contributed by atoms with E-state index in [1.807, 2.05) is 4.90 Å². The number of halogens is 1. The molecular formula is C17H24FN3O2. The zero-order chi connectivity index (χ0) is 16.6. The lowest BCUT2D eigenvalue weighted by atomic mass is 9.92. The number of rotatable bonds is 3. The molecule has 0 aromatic heterocycles. The number of nitrogens with two attached hydrogens (primary N) is 1. The van der Waals surface area contributed by atoms with Gasteiger partial charge in [-0.15, -0.1) is 0 Å². The van der Waals surface area contributed by atoms with E-state index in [2.05, 4.69) is 4.90 Å². The highest BCUT2D eigenvalue weighted by Gasteiger charge is 2.43. The van der Waals surface area contributed by atoms with Gasteiger partial charge in [-0.1, -0.05) is 0 Å². The summed E-state index contributed by atoms with van der Waals surface area (Å²) in [5, 5.41) is 0. The molecule has 126 valence electrons. The maximum absolute atomic E-state index is 13.6. The fraction of sp³-hybridized carbons (Fsp3) is 0.588. The van der Waals surface area contributed by atoms with Crippen molar-refractivity contribution in [1.82, 2.24) is 9.80 Å². The molecule has 2 heterocycles. The third-order valence-corrected chi connectivity index (χ3v) is 4.81. The first-order valence-corrected chi connectivity index (χ1v) is 8.05. The second-order valence-corrected chi connectivity index (χ2v) is 6.80. The number of methoxy groups -OCH3 is 1. The zero-order valence-electron chi connectivity index (χ0n) is 13.7. The van der Waals surface area contributed by atoms with Gasteiger partial charge in [0.2, 0.25) is 0 Å². The Morgan fingerprint density at radius 1 is 1.35 bits per heavy atom. The van der Waals surface area contributed by atoms with Crippen LogP contribution in [-0.2, 0) is 0 Å². The number of nitrogen functional groups attached to an aromatic ring is 1. The van der Waals surface area contributed by atoms with Gasteiger partial charge in [-0.3, -0.25) is 9.69 Å². The van der Waals surface area contributed by atoms with Crippen LogP contribution in [0.25, 0.3) is 0 Å². The fourth-order valence-corrected chi connectivity index (χ4v) is 3.52. The number of hydrogen-bond acceptors (Lipinski definition) is 4. The van der Waals surface area contributed by atoms with Crippen molar-refractivity contribution in [1.29, 1.82) is 0 Å². The Balaban J connectivity index is 1.58. The molecule has 1 aromatic rings. The van der Waals surface area contributed by atoms with Crippen LogP contribution in [0.2, 0.25) is 0 Å². The van der Waals surface area contributed by atoms with E-state index in [9.17, 15) is 9.18 Å². The molecule has 0 spiro atoms. The van der Waals surface area contributed by atoms with Crippen LogP contribution in [0.5, 0.6) is 5.75 Å². The van der Waals surface area contributed by atoms with Crippen molar-refractivity contribution >= 4 is 11.6 Å². The SMILES string of the molecule is COc1cc(C(=O)N2CCC(N3CC(C)(F)C3)CC2)ccc1N. The molecule has 5 nitrogen and oxygen atoms in total. The number of anilines is 1.